The minimum atomic E-state index is -0.599. The van der Waals surface area contributed by atoms with Gasteiger partial charge in [-0.05, 0) is 32.0 Å². The fourth-order valence-corrected chi connectivity index (χ4v) is 1.80. The minimum absolute atomic E-state index is 0.196. The van der Waals surface area contributed by atoms with Crippen LogP contribution in [0.15, 0.2) is 18.2 Å². The summed E-state index contributed by atoms with van der Waals surface area (Å²) in [6.45, 7) is 4.63. The van der Waals surface area contributed by atoms with Crippen molar-refractivity contribution in [2.24, 2.45) is 0 Å². The van der Waals surface area contributed by atoms with Crippen molar-refractivity contribution in [1.82, 2.24) is 4.90 Å². The SMILES string of the molecule is CCN(CC)C(=O)C(=O)c1cc(Cl)ccc1OC. The molecule has 0 N–H and O–H groups in total. The maximum atomic E-state index is 12.1. The number of hydrogen-bond acceptors (Lipinski definition) is 3. The van der Waals surface area contributed by atoms with E-state index in [9.17, 15) is 9.59 Å². The summed E-state index contributed by atoms with van der Waals surface area (Å²) >= 11 is 5.84. The second-order valence-electron chi connectivity index (χ2n) is 3.65. The number of ether oxygens (including phenoxy) is 1. The largest absolute Gasteiger partial charge is 0.496 e. The fraction of sp³-hybridized carbons (Fsp3) is 0.385. The molecular formula is C13H16ClNO3. The molecule has 0 saturated carbocycles. The van der Waals surface area contributed by atoms with Gasteiger partial charge in [0, 0.05) is 18.1 Å². The number of carbonyl (C=O) groups is 2. The zero-order chi connectivity index (χ0) is 13.7. The number of carbonyl (C=O) groups excluding carboxylic acids is 2. The monoisotopic (exact) mass is 269 g/mol. The highest BCUT2D eigenvalue weighted by Crippen LogP contribution is 2.23. The van der Waals surface area contributed by atoms with E-state index in [2.05, 4.69) is 0 Å². The van der Waals surface area contributed by atoms with Crippen molar-refractivity contribution >= 4 is 23.3 Å². The average molecular weight is 270 g/mol. The lowest BCUT2D eigenvalue weighted by Gasteiger charge is -2.18. The Hall–Kier alpha value is -1.55. The summed E-state index contributed by atoms with van der Waals surface area (Å²) < 4.78 is 5.07. The van der Waals surface area contributed by atoms with E-state index in [1.807, 2.05) is 13.8 Å². The molecule has 0 unspecified atom stereocenters. The van der Waals surface area contributed by atoms with Crippen LogP contribution in [-0.4, -0.2) is 36.8 Å². The molecule has 0 aromatic heterocycles. The highest BCUT2D eigenvalue weighted by Gasteiger charge is 2.24. The van der Waals surface area contributed by atoms with Crippen LogP contribution in [-0.2, 0) is 4.79 Å². The predicted molar refractivity (Wildman–Crippen MR) is 70.3 cm³/mol. The topological polar surface area (TPSA) is 46.6 Å². The number of halogens is 1. The lowest BCUT2D eigenvalue weighted by molar-refractivity contribution is -0.126. The molecular weight excluding hydrogens is 254 g/mol. The Kier molecular flexibility index (Phi) is 5.16. The van der Waals surface area contributed by atoms with Gasteiger partial charge in [-0.3, -0.25) is 9.59 Å². The summed E-state index contributed by atoms with van der Waals surface area (Å²) in [6, 6.07) is 4.63. The molecule has 1 rings (SSSR count). The second-order valence-corrected chi connectivity index (χ2v) is 4.09. The maximum Gasteiger partial charge on any atom is 0.295 e. The number of rotatable bonds is 5. The van der Waals surface area contributed by atoms with Crippen molar-refractivity contribution in [3.63, 3.8) is 0 Å². The lowest BCUT2D eigenvalue weighted by Crippen LogP contribution is -2.36. The number of Topliss-reactive ketones (excluding diaryl/α,β-unsaturated/α-hetero) is 1. The predicted octanol–water partition coefficient (Wildman–Crippen LogP) is 2.40. The van der Waals surface area contributed by atoms with Gasteiger partial charge in [-0.15, -0.1) is 0 Å². The quantitative estimate of drug-likeness (QED) is 0.609. The molecule has 0 bridgehead atoms. The summed E-state index contributed by atoms with van der Waals surface area (Å²) in [6.07, 6.45) is 0. The number of benzene rings is 1. The van der Waals surface area contributed by atoms with E-state index >= 15 is 0 Å². The van der Waals surface area contributed by atoms with E-state index in [4.69, 9.17) is 16.3 Å². The molecule has 0 radical (unpaired) electrons. The minimum Gasteiger partial charge on any atom is -0.496 e. The van der Waals surface area contributed by atoms with Crippen molar-refractivity contribution in [3.05, 3.63) is 28.8 Å². The zero-order valence-corrected chi connectivity index (χ0v) is 11.5. The van der Waals surface area contributed by atoms with Crippen LogP contribution in [0.5, 0.6) is 5.75 Å². The average Bonchev–Trinajstić information content (AvgIpc) is 2.39. The third kappa shape index (κ3) is 3.01. The molecule has 1 aromatic carbocycles. The van der Waals surface area contributed by atoms with Crippen molar-refractivity contribution < 1.29 is 14.3 Å². The van der Waals surface area contributed by atoms with Gasteiger partial charge in [-0.2, -0.15) is 0 Å². The van der Waals surface area contributed by atoms with Crippen molar-refractivity contribution in [3.8, 4) is 5.75 Å². The number of amides is 1. The molecule has 0 saturated heterocycles. The normalized spacial score (nSPS) is 10.0. The molecule has 0 heterocycles. The number of ketones is 1. The Labute approximate surface area is 111 Å². The summed E-state index contributed by atoms with van der Waals surface area (Å²) in [5, 5.41) is 0.395. The lowest BCUT2D eigenvalue weighted by atomic mass is 10.1. The van der Waals surface area contributed by atoms with Gasteiger partial charge >= 0.3 is 0 Å². The molecule has 0 atom stereocenters. The Morgan fingerprint density at radius 1 is 1.28 bits per heavy atom. The van der Waals surface area contributed by atoms with Gasteiger partial charge in [-0.25, -0.2) is 0 Å². The number of likely N-dealkylation sites (N-methyl/N-ethyl adjacent to an activating group) is 1. The molecule has 1 amide bonds. The van der Waals surface area contributed by atoms with Crippen LogP contribution in [0.3, 0.4) is 0 Å². The van der Waals surface area contributed by atoms with Crippen molar-refractivity contribution in [2.45, 2.75) is 13.8 Å². The van der Waals surface area contributed by atoms with Crippen LogP contribution < -0.4 is 4.74 Å². The molecule has 0 fully saturated rings. The van der Waals surface area contributed by atoms with E-state index in [0.717, 1.165) is 0 Å². The first-order valence-electron chi connectivity index (χ1n) is 5.72. The van der Waals surface area contributed by atoms with Gasteiger partial charge in [0.05, 0.1) is 12.7 Å². The zero-order valence-electron chi connectivity index (χ0n) is 10.7. The highest BCUT2D eigenvalue weighted by molar-refractivity contribution is 6.44. The van der Waals surface area contributed by atoms with Crippen molar-refractivity contribution in [2.75, 3.05) is 20.2 Å². The molecule has 0 aliphatic rings. The van der Waals surface area contributed by atoms with Gasteiger partial charge in [0.1, 0.15) is 5.75 Å². The number of hydrogen-bond donors (Lipinski definition) is 0. The van der Waals surface area contributed by atoms with E-state index in [1.165, 1.54) is 18.1 Å². The molecule has 0 aliphatic carbocycles. The van der Waals surface area contributed by atoms with Crippen LogP contribution in [0.1, 0.15) is 24.2 Å². The van der Waals surface area contributed by atoms with Crippen LogP contribution >= 0.6 is 11.6 Å². The van der Waals surface area contributed by atoms with E-state index in [1.54, 1.807) is 12.1 Å². The summed E-state index contributed by atoms with van der Waals surface area (Å²) in [7, 11) is 1.45. The molecule has 0 spiro atoms. The Morgan fingerprint density at radius 2 is 1.89 bits per heavy atom. The van der Waals surface area contributed by atoms with Gasteiger partial charge in [-0.1, -0.05) is 11.6 Å². The van der Waals surface area contributed by atoms with Crippen LogP contribution in [0.4, 0.5) is 0 Å². The second kappa shape index (κ2) is 6.40. The smallest absolute Gasteiger partial charge is 0.295 e. The molecule has 1 aromatic rings. The summed E-state index contributed by atoms with van der Waals surface area (Å²) in [5.74, 6) is -0.788. The van der Waals surface area contributed by atoms with E-state index < -0.39 is 11.7 Å². The van der Waals surface area contributed by atoms with Crippen molar-refractivity contribution in [1.29, 1.82) is 0 Å². The maximum absolute atomic E-state index is 12.1. The van der Waals surface area contributed by atoms with Crippen LogP contribution in [0.2, 0.25) is 5.02 Å². The highest BCUT2D eigenvalue weighted by atomic mass is 35.5. The van der Waals surface area contributed by atoms with Gasteiger partial charge < -0.3 is 9.64 Å². The molecule has 4 nitrogen and oxygen atoms in total. The number of nitrogens with zero attached hydrogens (tertiary/aromatic N) is 1. The molecule has 0 aliphatic heterocycles. The third-order valence-corrected chi connectivity index (χ3v) is 2.89. The summed E-state index contributed by atoms with van der Waals surface area (Å²) in [5.41, 5.74) is 0.196. The molecule has 98 valence electrons. The standard InChI is InChI=1S/C13H16ClNO3/c1-4-15(5-2)13(17)12(16)10-8-9(14)6-7-11(10)18-3/h6-8H,4-5H2,1-3H3. The Bertz CT molecular complexity index is 456. The first kappa shape index (κ1) is 14.5. The Balaban J connectivity index is 3.10. The van der Waals surface area contributed by atoms with Crippen LogP contribution in [0.25, 0.3) is 0 Å². The molecule has 18 heavy (non-hydrogen) atoms. The Morgan fingerprint density at radius 3 is 2.39 bits per heavy atom. The van der Waals surface area contributed by atoms with E-state index in [0.29, 0.717) is 23.9 Å². The van der Waals surface area contributed by atoms with Gasteiger partial charge in [0.25, 0.3) is 11.7 Å². The number of methoxy groups -OCH3 is 1. The summed E-state index contributed by atoms with van der Waals surface area (Å²) in [4.78, 5) is 25.5. The molecule has 5 heteroatoms. The van der Waals surface area contributed by atoms with Crippen LogP contribution in [0, 0.1) is 0 Å². The first-order chi connectivity index (χ1) is 8.54. The van der Waals surface area contributed by atoms with E-state index in [-0.39, 0.29) is 5.56 Å². The fourth-order valence-electron chi connectivity index (χ4n) is 1.63. The van der Waals surface area contributed by atoms with Gasteiger partial charge in [0.15, 0.2) is 0 Å². The first-order valence-corrected chi connectivity index (χ1v) is 6.10. The van der Waals surface area contributed by atoms with Gasteiger partial charge in [0.2, 0.25) is 0 Å². The third-order valence-electron chi connectivity index (χ3n) is 2.65.